The molecular weight excluding hydrogens is 264 g/mol. The molecule has 1 saturated carbocycles. The van der Waals surface area contributed by atoms with E-state index in [4.69, 9.17) is 5.84 Å². The maximum absolute atomic E-state index is 12.4. The summed E-state index contributed by atoms with van der Waals surface area (Å²) in [7, 11) is 0. The zero-order chi connectivity index (χ0) is 15.2. The number of carbonyl (C=O) groups excluding carboxylic acids is 1. The summed E-state index contributed by atoms with van der Waals surface area (Å²) < 4.78 is 0. The lowest BCUT2D eigenvalue weighted by atomic mass is 9.84. The first-order chi connectivity index (χ1) is 10.2. The largest absolute Gasteiger partial charge is 0.349 e. The summed E-state index contributed by atoms with van der Waals surface area (Å²) >= 11 is 0. The predicted molar refractivity (Wildman–Crippen MR) is 84.9 cm³/mol. The minimum absolute atomic E-state index is 0.0245. The van der Waals surface area contributed by atoms with E-state index in [1.807, 2.05) is 13.0 Å². The SMILES string of the molecule is CCc1cc(C(=O)NC2CCC(CC)CC2)cc(NN)n1. The Balaban J connectivity index is 2.00. The molecule has 4 N–H and O–H groups in total. The lowest BCUT2D eigenvalue weighted by Crippen LogP contribution is -2.37. The van der Waals surface area contributed by atoms with Gasteiger partial charge in [-0.15, -0.1) is 0 Å². The third kappa shape index (κ3) is 4.17. The number of aryl methyl sites for hydroxylation is 1. The molecule has 1 fully saturated rings. The molecule has 5 nitrogen and oxygen atoms in total. The van der Waals surface area contributed by atoms with E-state index in [0.717, 1.165) is 30.9 Å². The highest BCUT2D eigenvalue weighted by molar-refractivity contribution is 5.95. The van der Waals surface area contributed by atoms with Crippen LogP contribution in [0.3, 0.4) is 0 Å². The van der Waals surface area contributed by atoms with Crippen molar-refractivity contribution in [1.29, 1.82) is 0 Å². The molecule has 116 valence electrons. The van der Waals surface area contributed by atoms with Crippen molar-refractivity contribution >= 4 is 11.7 Å². The van der Waals surface area contributed by atoms with Crippen LogP contribution in [-0.4, -0.2) is 16.9 Å². The lowest BCUT2D eigenvalue weighted by molar-refractivity contribution is 0.0921. The van der Waals surface area contributed by atoms with E-state index in [9.17, 15) is 4.79 Å². The van der Waals surface area contributed by atoms with E-state index >= 15 is 0 Å². The van der Waals surface area contributed by atoms with Gasteiger partial charge in [-0.1, -0.05) is 20.3 Å². The molecule has 1 heterocycles. The van der Waals surface area contributed by atoms with E-state index in [-0.39, 0.29) is 5.91 Å². The maximum atomic E-state index is 12.4. The van der Waals surface area contributed by atoms with Crippen molar-refractivity contribution in [3.05, 3.63) is 23.4 Å². The standard InChI is InChI=1S/C16H26N4O/c1-3-11-5-7-14(8-6-11)19-16(21)12-9-13(4-2)18-15(10-12)20-17/h9-11,14H,3-8,17H2,1-2H3,(H,18,20)(H,19,21). The van der Waals surface area contributed by atoms with E-state index in [0.29, 0.717) is 17.4 Å². The molecule has 5 heteroatoms. The molecule has 0 aromatic carbocycles. The summed E-state index contributed by atoms with van der Waals surface area (Å²) in [5.41, 5.74) is 4.02. The third-order valence-electron chi connectivity index (χ3n) is 4.41. The van der Waals surface area contributed by atoms with Crippen LogP contribution in [0.5, 0.6) is 0 Å². The average molecular weight is 290 g/mol. The predicted octanol–water partition coefficient (Wildman–Crippen LogP) is 2.63. The summed E-state index contributed by atoms with van der Waals surface area (Å²) in [6.07, 6.45) is 6.62. The number of pyridine rings is 1. The Kier molecular flexibility index (Phi) is 5.56. The Hall–Kier alpha value is -1.62. The highest BCUT2D eigenvalue weighted by atomic mass is 16.1. The number of hydrazine groups is 1. The zero-order valence-corrected chi connectivity index (χ0v) is 13.0. The summed E-state index contributed by atoms with van der Waals surface area (Å²) in [5.74, 6) is 6.76. The van der Waals surface area contributed by atoms with Gasteiger partial charge in [0.1, 0.15) is 5.82 Å². The highest BCUT2D eigenvalue weighted by Crippen LogP contribution is 2.26. The Morgan fingerprint density at radius 1 is 1.29 bits per heavy atom. The van der Waals surface area contributed by atoms with Crippen LogP contribution >= 0.6 is 0 Å². The van der Waals surface area contributed by atoms with Crippen LogP contribution < -0.4 is 16.6 Å². The number of carbonyl (C=O) groups is 1. The van der Waals surface area contributed by atoms with E-state index in [1.54, 1.807) is 6.07 Å². The first-order valence-corrected chi connectivity index (χ1v) is 7.94. The molecule has 0 aliphatic heterocycles. The molecule has 0 radical (unpaired) electrons. The van der Waals surface area contributed by atoms with Gasteiger partial charge in [0, 0.05) is 17.3 Å². The van der Waals surface area contributed by atoms with Gasteiger partial charge in [0.25, 0.3) is 5.91 Å². The second-order valence-electron chi connectivity index (χ2n) is 5.83. The minimum atomic E-state index is -0.0245. The number of anilines is 1. The number of rotatable bonds is 5. The summed E-state index contributed by atoms with van der Waals surface area (Å²) in [4.78, 5) is 16.7. The van der Waals surface area contributed by atoms with Gasteiger partial charge in [0.05, 0.1) is 0 Å². The van der Waals surface area contributed by atoms with Crippen molar-refractivity contribution in [2.45, 2.75) is 58.4 Å². The number of hydrogen-bond donors (Lipinski definition) is 3. The fraction of sp³-hybridized carbons (Fsp3) is 0.625. The number of nitrogens with zero attached hydrogens (tertiary/aromatic N) is 1. The Morgan fingerprint density at radius 3 is 2.57 bits per heavy atom. The second-order valence-corrected chi connectivity index (χ2v) is 5.83. The van der Waals surface area contributed by atoms with Gasteiger partial charge in [0.15, 0.2) is 0 Å². The monoisotopic (exact) mass is 290 g/mol. The van der Waals surface area contributed by atoms with E-state index in [2.05, 4.69) is 22.7 Å². The Bertz CT molecular complexity index is 459. The van der Waals surface area contributed by atoms with Gasteiger partial charge in [-0.3, -0.25) is 4.79 Å². The van der Waals surface area contributed by atoms with Crippen LogP contribution in [0.25, 0.3) is 0 Å². The van der Waals surface area contributed by atoms with E-state index < -0.39 is 0 Å². The molecule has 2 rings (SSSR count). The molecule has 0 bridgehead atoms. The second kappa shape index (κ2) is 7.41. The number of nitrogen functional groups attached to an aromatic ring is 1. The molecule has 1 aromatic heterocycles. The summed E-state index contributed by atoms with van der Waals surface area (Å²) in [5, 5.41) is 3.15. The normalized spacial score (nSPS) is 21.9. The van der Waals surface area contributed by atoms with Crippen LogP contribution in [0.15, 0.2) is 12.1 Å². The topological polar surface area (TPSA) is 80.0 Å². The van der Waals surface area contributed by atoms with Gasteiger partial charge in [-0.2, -0.15) is 0 Å². The molecule has 0 atom stereocenters. The maximum Gasteiger partial charge on any atom is 0.251 e. The number of hydrogen-bond acceptors (Lipinski definition) is 4. The quantitative estimate of drug-likeness (QED) is 0.575. The van der Waals surface area contributed by atoms with Crippen molar-refractivity contribution in [3.63, 3.8) is 0 Å². The molecule has 0 unspecified atom stereocenters. The molecule has 1 amide bonds. The molecule has 1 aromatic rings. The van der Waals surface area contributed by atoms with Crippen LogP contribution in [0.4, 0.5) is 5.82 Å². The first kappa shape index (κ1) is 15.8. The third-order valence-corrected chi connectivity index (χ3v) is 4.41. The Labute approximate surface area is 126 Å². The van der Waals surface area contributed by atoms with Gasteiger partial charge in [-0.05, 0) is 50.2 Å². The van der Waals surface area contributed by atoms with Crippen LogP contribution in [0.1, 0.15) is 62.0 Å². The van der Waals surface area contributed by atoms with Crippen LogP contribution in [0.2, 0.25) is 0 Å². The van der Waals surface area contributed by atoms with Crippen molar-refractivity contribution in [1.82, 2.24) is 10.3 Å². The van der Waals surface area contributed by atoms with Gasteiger partial charge in [-0.25, -0.2) is 10.8 Å². The van der Waals surface area contributed by atoms with Gasteiger partial charge < -0.3 is 10.7 Å². The summed E-state index contributed by atoms with van der Waals surface area (Å²) in [6.45, 7) is 4.25. The van der Waals surface area contributed by atoms with Crippen molar-refractivity contribution in [3.8, 4) is 0 Å². The van der Waals surface area contributed by atoms with Crippen LogP contribution in [-0.2, 0) is 6.42 Å². The molecular formula is C16H26N4O. The Morgan fingerprint density at radius 2 is 2.00 bits per heavy atom. The van der Waals surface area contributed by atoms with Crippen LogP contribution in [0, 0.1) is 5.92 Å². The van der Waals surface area contributed by atoms with Crippen molar-refractivity contribution < 1.29 is 4.79 Å². The van der Waals surface area contributed by atoms with Gasteiger partial charge in [0.2, 0.25) is 0 Å². The zero-order valence-electron chi connectivity index (χ0n) is 13.0. The van der Waals surface area contributed by atoms with E-state index in [1.165, 1.54) is 19.3 Å². The fourth-order valence-electron chi connectivity index (χ4n) is 2.96. The number of nitrogens with one attached hydrogen (secondary N) is 2. The minimum Gasteiger partial charge on any atom is -0.349 e. The molecule has 1 aliphatic rings. The highest BCUT2D eigenvalue weighted by Gasteiger charge is 2.22. The molecule has 21 heavy (non-hydrogen) atoms. The molecule has 0 saturated heterocycles. The molecule has 1 aliphatic carbocycles. The number of nitrogens with two attached hydrogens (primary N) is 1. The number of aromatic nitrogens is 1. The smallest absolute Gasteiger partial charge is 0.251 e. The van der Waals surface area contributed by atoms with Crippen molar-refractivity contribution in [2.24, 2.45) is 11.8 Å². The lowest BCUT2D eigenvalue weighted by Gasteiger charge is -2.28. The average Bonchev–Trinajstić information content (AvgIpc) is 2.54. The van der Waals surface area contributed by atoms with Gasteiger partial charge >= 0.3 is 0 Å². The summed E-state index contributed by atoms with van der Waals surface area (Å²) in [6, 6.07) is 3.84. The first-order valence-electron chi connectivity index (χ1n) is 7.94. The number of amides is 1. The van der Waals surface area contributed by atoms with Crippen molar-refractivity contribution in [2.75, 3.05) is 5.43 Å². The fourth-order valence-corrected chi connectivity index (χ4v) is 2.96. The molecule has 0 spiro atoms.